The summed E-state index contributed by atoms with van der Waals surface area (Å²) >= 11 is 3.42. The first kappa shape index (κ1) is 20.1. The SMILES string of the molecule is COc1cc(C(=O)N2CCCCC2C(C)N)cc(OC)c1Br.Cl. The van der Waals surface area contributed by atoms with Gasteiger partial charge in [-0.2, -0.15) is 0 Å². The number of methoxy groups -OCH3 is 2. The summed E-state index contributed by atoms with van der Waals surface area (Å²) in [5.74, 6) is 1.14. The van der Waals surface area contributed by atoms with Crippen LogP contribution in [0.15, 0.2) is 16.6 Å². The smallest absolute Gasteiger partial charge is 0.254 e. The van der Waals surface area contributed by atoms with E-state index < -0.39 is 0 Å². The number of likely N-dealkylation sites (tertiary alicyclic amines) is 1. The molecule has 1 heterocycles. The molecule has 0 saturated carbocycles. The van der Waals surface area contributed by atoms with Crippen molar-refractivity contribution in [1.82, 2.24) is 4.90 Å². The Morgan fingerprint density at radius 3 is 2.35 bits per heavy atom. The fourth-order valence-corrected chi connectivity index (χ4v) is 3.47. The highest BCUT2D eigenvalue weighted by Crippen LogP contribution is 2.36. The predicted molar refractivity (Wildman–Crippen MR) is 96.8 cm³/mol. The minimum Gasteiger partial charge on any atom is -0.495 e. The number of carbonyl (C=O) groups excluding carboxylic acids is 1. The molecular weight excluding hydrogens is 384 g/mol. The van der Waals surface area contributed by atoms with Gasteiger partial charge in [0.05, 0.1) is 14.2 Å². The van der Waals surface area contributed by atoms with Crippen LogP contribution >= 0.6 is 28.3 Å². The molecule has 0 aliphatic carbocycles. The number of hydrogen-bond donors (Lipinski definition) is 1. The van der Waals surface area contributed by atoms with Gasteiger partial charge in [0, 0.05) is 24.2 Å². The third-order valence-electron chi connectivity index (χ3n) is 4.11. The lowest BCUT2D eigenvalue weighted by Gasteiger charge is -2.38. The highest BCUT2D eigenvalue weighted by Gasteiger charge is 2.30. The van der Waals surface area contributed by atoms with Crippen molar-refractivity contribution >= 4 is 34.2 Å². The van der Waals surface area contributed by atoms with Gasteiger partial charge in [0.25, 0.3) is 5.91 Å². The number of halogens is 2. The lowest BCUT2D eigenvalue weighted by Crippen LogP contribution is -2.51. The van der Waals surface area contributed by atoms with Crippen LogP contribution in [-0.4, -0.2) is 43.7 Å². The van der Waals surface area contributed by atoms with Gasteiger partial charge in [-0.3, -0.25) is 4.79 Å². The summed E-state index contributed by atoms with van der Waals surface area (Å²) in [5, 5.41) is 0. The lowest BCUT2D eigenvalue weighted by molar-refractivity contribution is 0.0583. The van der Waals surface area contributed by atoms with Crippen LogP contribution in [0.5, 0.6) is 11.5 Å². The fourth-order valence-electron chi connectivity index (χ4n) is 2.91. The average Bonchev–Trinajstić information content (AvgIpc) is 2.54. The van der Waals surface area contributed by atoms with Crippen LogP contribution in [0.1, 0.15) is 36.5 Å². The second kappa shape index (κ2) is 8.76. The molecule has 1 aliphatic heterocycles. The van der Waals surface area contributed by atoms with Crippen LogP contribution in [0.4, 0.5) is 0 Å². The largest absolute Gasteiger partial charge is 0.495 e. The van der Waals surface area contributed by atoms with Crippen LogP contribution in [0.2, 0.25) is 0 Å². The summed E-state index contributed by atoms with van der Waals surface area (Å²) in [5.41, 5.74) is 6.62. The highest BCUT2D eigenvalue weighted by atomic mass is 79.9. The maximum atomic E-state index is 12.9. The number of nitrogens with two attached hydrogens (primary N) is 1. The van der Waals surface area contributed by atoms with Crippen molar-refractivity contribution in [1.29, 1.82) is 0 Å². The van der Waals surface area contributed by atoms with E-state index in [0.717, 1.165) is 25.8 Å². The van der Waals surface area contributed by atoms with Crippen molar-refractivity contribution in [2.24, 2.45) is 5.73 Å². The molecule has 7 heteroatoms. The van der Waals surface area contributed by atoms with Crippen LogP contribution < -0.4 is 15.2 Å². The van der Waals surface area contributed by atoms with E-state index in [2.05, 4.69) is 15.9 Å². The number of amides is 1. The Morgan fingerprint density at radius 2 is 1.87 bits per heavy atom. The Kier molecular flexibility index (Phi) is 7.64. The zero-order chi connectivity index (χ0) is 16.3. The molecule has 2 atom stereocenters. The first-order chi connectivity index (χ1) is 10.5. The van der Waals surface area contributed by atoms with Gasteiger partial charge in [-0.15, -0.1) is 12.4 Å². The van der Waals surface area contributed by atoms with E-state index in [9.17, 15) is 4.79 Å². The second-order valence-corrected chi connectivity index (χ2v) is 6.41. The molecular formula is C16H24BrClN2O3. The van der Waals surface area contributed by atoms with E-state index in [1.165, 1.54) is 0 Å². The van der Waals surface area contributed by atoms with Gasteiger partial charge >= 0.3 is 0 Å². The molecule has 0 bridgehead atoms. The summed E-state index contributed by atoms with van der Waals surface area (Å²) < 4.78 is 11.3. The van der Waals surface area contributed by atoms with Gasteiger partial charge in [-0.1, -0.05) is 0 Å². The standard InChI is InChI=1S/C16H23BrN2O3.ClH/c1-10(18)12-6-4-5-7-19(12)16(20)11-8-13(21-2)15(17)14(9-11)22-3;/h8-10,12H,4-7,18H2,1-3H3;1H. The van der Waals surface area contributed by atoms with Crippen molar-refractivity contribution in [2.75, 3.05) is 20.8 Å². The topological polar surface area (TPSA) is 64.8 Å². The molecule has 2 unspecified atom stereocenters. The lowest BCUT2D eigenvalue weighted by atomic mass is 9.96. The van der Waals surface area contributed by atoms with Gasteiger partial charge in [0.1, 0.15) is 16.0 Å². The van der Waals surface area contributed by atoms with Crippen molar-refractivity contribution in [3.63, 3.8) is 0 Å². The molecule has 5 nitrogen and oxygen atoms in total. The Labute approximate surface area is 152 Å². The molecule has 1 aromatic rings. The van der Waals surface area contributed by atoms with E-state index in [-0.39, 0.29) is 30.4 Å². The molecule has 0 radical (unpaired) electrons. The Bertz CT molecular complexity index is 529. The van der Waals surface area contributed by atoms with E-state index in [4.69, 9.17) is 15.2 Å². The molecule has 1 aliphatic rings. The number of carbonyl (C=O) groups is 1. The molecule has 23 heavy (non-hydrogen) atoms. The van der Waals surface area contributed by atoms with E-state index in [0.29, 0.717) is 21.5 Å². The minimum atomic E-state index is -0.0384. The maximum absolute atomic E-state index is 12.9. The molecule has 1 fully saturated rings. The van der Waals surface area contributed by atoms with Crippen LogP contribution in [-0.2, 0) is 0 Å². The van der Waals surface area contributed by atoms with Gasteiger partial charge in [-0.05, 0) is 54.2 Å². The zero-order valence-corrected chi connectivity index (χ0v) is 16.1. The van der Waals surface area contributed by atoms with Gasteiger partial charge in [0.2, 0.25) is 0 Å². The van der Waals surface area contributed by atoms with E-state index >= 15 is 0 Å². The normalized spacial score (nSPS) is 18.8. The molecule has 1 aromatic carbocycles. The van der Waals surface area contributed by atoms with Crippen molar-refractivity contribution < 1.29 is 14.3 Å². The number of rotatable bonds is 4. The highest BCUT2D eigenvalue weighted by molar-refractivity contribution is 9.10. The molecule has 2 N–H and O–H groups in total. The molecule has 2 rings (SSSR count). The third-order valence-corrected chi connectivity index (χ3v) is 4.89. The van der Waals surface area contributed by atoms with Gasteiger partial charge in [-0.25, -0.2) is 0 Å². The summed E-state index contributed by atoms with van der Waals surface area (Å²) in [6, 6.07) is 3.52. The monoisotopic (exact) mass is 406 g/mol. The fraction of sp³-hybridized carbons (Fsp3) is 0.562. The number of benzene rings is 1. The molecule has 1 amide bonds. The quantitative estimate of drug-likeness (QED) is 0.832. The zero-order valence-electron chi connectivity index (χ0n) is 13.7. The number of hydrogen-bond acceptors (Lipinski definition) is 4. The van der Waals surface area contributed by atoms with E-state index in [1.807, 2.05) is 11.8 Å². The predicted octanol–water partition coefficient (Wildman–Crippen LogP) is 3.23. The van der Waals surface area contributed by atoms with Gasteiger partial charge in [0.15, 0.2) is 0 Å². The molecule has 1 saturated heterocycles. The summed E-state index contributed by atoms with van der Waals surface area (Å²) in [7, 11) is 3.14. The summed E-state index contributed by atoms with van der Waals surface area (Å²) in [6.07, 6.45) is 3.08. The first-order valence-electron chi connectivity index (χ1n) is 7.47. The second-order valence-electron chi connectivity index (χ2n) is 5.62. The van der Waals surface area contributed by atoms with E-state index in [1.54, 1.807) is 26.4 Å². The average molecular weight is 408 g/mol. The number of nitrogens with zero attached hydrogens (tertiary/aromatic N) is 1. The maximum Gasteiger partial charge on any atom is 0.254 e. The number of ether oxygens (including phenoxy) is 2. The van der Waals surface area contributed by atoms with Gasteiger partial charge < -0.3 is 20.1 Å². The molecule has 0 aromatic heterocycles. The summed E-state index contributed by atoms with van der Waals surface area (Å²) in [4.78, 5) is 14.8. The Balaban J connectivity index is 0.00000264. The Hall–Kier alpha value is -0.980. The van der Waals surface area contributed by atoms with Crippen LogP contribution in [0.25, 0.3) is 0 Å². The van der Waals surface area contributed by atoms with Crippen molar-refractivity contribution in [2.45, 2.75) is 38.3 Å². The summed E-state index contributed by atoms with van der Waals surface area (Å²) in [6.45, 7) is 2.70. The van der Waals surface area contributed by atoms with Crippen LogP contribution in [0.3, 0.4) is 0 Å². The van der Waals surface area contributed by atoms with Crippen molar-refractivity contribution in [3.8, 4) is 11.5 Å². The minimum absolute atomic E-state index is 0. The van der Waals surface area contributed by atoms with Crippen molar-refractivity contribution in [3.05, 3.63) is 22.2 Å². The third kappa shape index (κ3) is 4.31. The number of piperidine rings is 1. The van der Waals surface area contributed by atoms with Crippen LogP contribution in [0, 0.1) is 0 Å². The first-order valence-corrected chi connectivity index (χ1v) is 8.27. The molecule has 130 valence electrons. The Morgan fingerprint density at radius 1 is 1.30 bits per heavy atom. The molecule has 0 spiro atoms.